The molecule has 1 aromatic heterocycles. The summed E-state index contributed by atoms with van der Waals surface area (Å²) in [5.74, 6) is -0.278. The first-order valence-electron chi connectivity index (χ1n) is 9.97. The van der Waals surface area contributed by atoms with Crippen LogP contribution in [0.5, 0.6) is 0 Å². The fourth-order valence-corrected chi connectivity index (χ4v) is 4.71. The van der Waals surface area contributed by atoms with E-state index in [1.54, 1.807) is 28.9 Å². The second-order valence-electron chi connectivity index (χ2n) is 7.68. The molecular weight excluding hydrogens is 438 g/mol. The van der Waals surface area contributed by atoms with Crippen LogP contribution in [0.4, 0.5) is 5.69 Å². The van der Waals surface area contributed by atoms with Gasteiger partial charge in [0.25, 0.3) is 0 Å². The first-order chi connectivity index (χ1) is 14.8. The lowest BCUT2D eigenvalue weighted by molar-refractivity contribution is -0.115. The molecule has 1 aliphatic heterocycles. The minimum Gasteiger partial charge on any atom is -0.326 e. The van der Waals surface area contributed by atoms with E-state index in [4.69, 9.17) is 11.6 Å². The highest BCUT2D eigenvalue weighted by molar-refractivity contribution is 7.91. The normalized spacial score (nSPS) is 15.3. The van der Waals surface area contributed by atoms with Crippen molar-refractivity contribution in [2.75, 3.05) is 37.8 Å². The van der Waals surface area contributed by atoms with E-state index in [2.05, 4.69) is 20.6 Å². The Labute approximate surface area is 186 Å². The molecule has 0 bridgehead atoms. The van der Waals surface area contributed by atoms with Crippen molar-refractivity contribution in [3.05, 3.63) is 53.2 Å². The molecule has 2 aromatic carbocycles. The molecule has 1 aliphatic rings. The third kappa shape index (κ3) is 5.24. The fraction of sp³-hybridized carbons (Fsp3) is 0.333. The molecule has 1 amide bonds. The summed E-state index contributed by atoms with van der Waals surface area (Å²) in [6.45, 7) is 4.21. The number of nitrogens with one attached hydrogen (secondary N) is 2. The maximum atomic E-state index is 12.5. The van der Waals surface area contributed by atoms with Gasteiger partial charge in [-0.3, -0.25) is 14.4 Å². The van der Waals surface area contributed by atoms with Crippen molar-refractivity contribution in [1.29, 1.82) is 0 Å². The van der Waals surface area contributed by atoms with E-state index in [0.717, 1.165) is 32.4 Å². The Morgan fingerprint density at radius 3 is 2.68 bits per heavy atom. The van der Waals surface area contributed by atoms with Crippen LogP contribution in [0.1, 0.15) is 5.56 Å². The monoisotopic (exact) mass is 461 g/mol. The Morgan fingerprint density at radius 2 is 1.97 bits per heavy atom. The molecule has 31 heavy (non-hydrogen) atoms. The van der Waals surface area contributed by atoms with Gasteiger partial charge in [0, 0.05) is 54.7 Å². The molecule has 0 spiro atoms. The van der Waals surface area contributed by atoms with Crippen LogP contribution >= 0.6 is 11.6 Å². The molecule has 0 saturated carbocycles. The van der Waals surface area contributed by atoms with Crippen LogP contribution in [-0.2, 0) is 27.7 Å². The van der Waals surface area contributed by atoms with Gasteiger partial charge in [0.1, 0.15) is 5.52 Å². The number of anilines is 1. The third-order valence-electron chi connectivity index (χ3n) is 5.17. The molecule has 4 rings (SSSR count). The number of piperazine rings is 1. The van der Waals surface area contributed by atoms with E-state index < -0.39 is 9.84 Å². The van der Waals surface area contributed by atoms with E-state index in [9.17, 15) is 13.2 Å². The Hall–Kier alpha value is -2.46. The Balaban J connectivity index is 1.61. The lowest BCUT2D eigenvalue weighted by Crippen LogP contribution is -2.44. The Morgan fingerprint density at radius 1 is 1.23 bits per heavy atom. The summed E-state index contributed by atoms with van der Waals surface area (Å²) < 4.78 is 26.6. The molecule has 0 aliphatic carbocycles. The minimum absolute atomic E-state index is 0.0914. The minimum atomic E-state index is -3.54. The molecule has 0 radical (unpaired) electrons. The van der Waals surface area contributed by atoms with Crippen molar-refractivity contribution in [2.24, 2.45) is 0 Å². The summed E-state index contributed by atoms with van der Waals surface area (Å²) in [5.41, 5.74) is 1.52. The van der Waals surface area contributed by atoms with Gasteiger partial charge in [-0.15, -0.1) is 0 Å². The quantitative estimate of drug-likeness (QED) is 0.583. The summed E-state index contributed by atoms with van der Waals surface area (Å²) in [7, 11) is -3.54. The van der Waals surface area contributed by atoms with Gasteiger partial charge in [0.05, 0.1) is 18.0 Å². The standard InChI is InChI=1S/C21H24ClN5O3S/c1-31(29,30)19-12-17(24-20(28)11-15-4-2-3-5-18(15)22)10-16-13-27(25-21(16)19)14-26-8-6-23-7-9-26/h2-5,10,12-13,23H,6-9,11,14H2,1H3,(H,24,28). The number of fused-ring (bicyclic) bond motifs is 1. The van der Waals surface area contributed by atoms with Crippen LogP contribution in [0.15, 0.2) is 47.5 Å². The van der Waals surface area contributed by atoms with Gasteiger partial charge < -0.3 is 10.6 Å². The summed E-state index contributed by atoms with van der Waals surface area (Å²) in [4.78, 5) is 14.9. The van der Waals surface area contributed by atoms with Crippen LogP contribution in [0.25, 0.3) is 10.9 Å². The molecule has 2 heterocycles. The highest BCUT2D eigenvalue weighted by Gasteiger charge is 2.19. The van der Waals surface area contributed by atoms with E-state index >= 15 is 0 Å². The number of hydrogen-bond donors (Lipinski definition) is 2. The zero-order valence-corrected chi connectivity index (χ0v) is 18.7. The van der Waals surface area contributed by atoms with E-state index in [0.29, 0.717) is 33.8 Å². The first kappa shape index (κ1) is 21.8. The van der Waals surface area contributed by atoms with Crippen LogP contribution in [0.3, 0.4) is 0 Å². The van der Waals surface area contributed by atoms with Gasteiger partial charge in [0.2, 0.25) is 5.91 Å². The first-order valence-corrected chi connectivity index (χ1v) is 12.2. The fourth-order valence-electron chi connectivity index (χ4n) is 3.66. The molecule has 2 N–H and O–H groups in total. The molecule has 1 saturated heterocycles. The molecular formula is C21H24ClN5O3S. The SMILES string of the molecule is CS(=O)(=O)c1cc(NC(=O)Cc2ccccc2Cl)cc2cn(CN3CCNCC3)nc12. The van der Waals surface area contributed by atoms with Gasteiger partial charge in [-0.25, -0.2) is 8.42 Å². The number of sulfone groups is 1. The zero-order valence-electron chi connectivity index (χ0n) is 17.1. The van der Waals surface area contributed by atoms with Crippen molar-refractivity contribution in [2.45, 2.75) is 18.0 Å². The molecule has 0 atom stereocenters. The molecule has 3 aromatic rings. The van der Waals surface area contributed by atoms with Crippen LogP contribution < -0.4 is 10.6 Å². The van der Waals surface area contributed by atoms with Crippen molar-refractivity contribution < 1.29 is 13.2 Å². The molecule has 1 fully saturated rings. The van der Waals surface area contributed by atoms with Crippen LogP contribution in [0.2, 0.25) is 5.02 Å². The van der Waals surface area contributed by atoms with Crippen LogP contribution in [0, 0.1) is 0 Å². The molecule has 10 heteroatoms. The largest absolute Gasteiger partial charge is 0.326 e. The predicted molar refractivity (Wildman–Crippen MR) is 121 cm³/mol. The average molecular weight is 462 g/mol. The number of hydrogen-bond acceptors (Lipinski definition) is 6. The number of benzene rings is 2. The molecule has 0 unspecified atom stereocenters. The maximum Gasteiger partial charge on any atom is 0.228 e. The van der Waals surface area contributed by atoms with Crippen molar-refractivity contribution >= 4 is 43.9 Å². The summed E-state index contributed by atoms with van der Waals surface area (Å²) in [6.07, 6.45) is 3.05. The summed E-state index contributed by atoms with van der Waals surface area (Å²) in [6, 6.07) is 10.3. The Kier molecular flexibility index (Phi) is 6.29. The number of carbonyl (C=O) groups is 1. The van der Waals surface area contributed by atoms with Gasteiger partial charge in [-0.2, -0.15) is 5.10 Å². The van der Waals surface area contributed by atoms with Crippen molar-refractivity contribution in [3.63, 3.8) is 0 Å². The highest BCUT2D eigenvalue weighted by atomic mass is 35.5. The second kappa shape index (κ2) is 8.96. The number of aromatic nitrogens is 2. The third-order valence-corrected chi connectivity index (χ3v) is 6.65. The summed E-state index contributed by atoms with van der Waals surface area (Å²) >= 11 is 6.14. The van der Waals surface area contributed by atoms with E-state index in [1.807, 2.05) is 12.3 Å². The van der Waals surface area contributed by atoms with Gasteiger partial charge in [-0.05, 0) is 23.8 Å². The predicted octanol–water partition coefficient (Wildman–Crippen LogP) is 2.14. The number of carbonyl (C=O) groups excluding carboxylic acids is 1. The number of rotatable bonds is 6. The average Bonchev–Trinajstić information content (AvgIpc) is 3.11. The van der Waals surface area contributed by atoms with Gasteiger partial charge in [0.15, 0.2) is 9.84 Å². The van der Waals surface area contributed by atoms with Crippen LogP contribution in [-0.4, -0.2) is 61.4 Å². The molecule has 164 valence electrons. The smallest absolute Gasteiger partial charge is 0.228 e. The maximum absolute atomic E-state index is 12.5. The summed E-state index contributed by atoms with van der Waals surface area (Å²) in [5, 5.41) is 11.8. The van der Waals surface area contributed by atoms with Gasteiger partial charge in [-0.1, -0.05) is 29.8 Å². The van der Waals surface area contributed by atoms with E-state index in [-0.39, 0.29) is 17.2 Å². The lowest BCUT2D eigenvalue weighted by Gasteiger charge is -2.26. The lowest BCUT2D eigenvalue weighted by atomic mass is 10.1. The second-order valence-corrected chi connectivity index (χ2v) is 10.1. The highest BCUT2D eigenvalue weighted by Crippen LogP contribution is 2.27. The molecule has 8 nitrogen and oxygen atoms in total. The topological polar surface area (TPSA) is 96.3 Å². The van der Waals surface area contributed by atoms with Crippen molar-refractivity contribution in [3.8, 4) is 0 Å². The number of halogens is 1. The number of amides is 1. The van der Waals surface area contributed by atoms with Crippen molar-refractivity contribution in [1.82, 2.24) is 20.0 Å². The zero-order chi connectivity index (χ0) is 22.0. The van der Waals surface area contributed by atoms with Gasteiger partial charge >= 0.3 is 0 Å². The Bertz CT molecular complexity index is 1220. The van der Waals surface area contributed by atoms with E-state index in [1.165, 1.54) is 6.07 Å². The number of nitrogens with zero attached hydrogens (tertiary/aromatic N) is 3.